The van der Waals surface area contributed by atoms with Crippen LogP contribution in [0.3, 0.4) is 0 Å². The average Bonchev–Trinajstić information content (AvgIpc) is 3.01. The van der Waals surface area contributed by atoms with Crippen molar-refractivity contribution in [1.82, 2.24) is 14.7 Å². The second kappa shape index (κ2) is 4.91. The molecule has 0 atom stereocenters. The molecule has 1 aliphatic carbocycles. The molecular formula is C15H23N3S. The van der Waals surface area contributed by atoms with E-state index in [0.717, 1.165) is 18.1 Å². The van der Waals surface area contributed by atoms with Crippen molar-refractivity contribution < 1.29 is 0 Å². The zero-order valence-corrected chi connectivity index (χ0v) is 12.9. The molecule has 0 saturated heterocycles. The van der Waals surface area contributed by atoms with Crippen molar-refractivity contribution in [2.45, 2.75) is 53.0 Å². The van der Waals surface area contributed by atoms with Crippen LogP contribution in [0.25, 0.3) is 4.96 Å². The van der Waals surface area contributed by atoms with E-state index < -0.39 is 0 Å². The average molecular weight is 277 g/mol. The molecule has 2 heterocycles. The first-order chi connectivity index (χ1) is 9.09. The summed E-state index contributed by atoms with van der Waals surface area (Å²) in [5, 5.41) is 5.85. The third-order valence-electron chi connectivity index (χ3n) is 4.48. The second-order valence-corrected chi connectivity index (χ2v) is 7.10. The summed E-state index contributed by atoms with van der Waals surface area (Å²) in [7, 11) is 0. The first kappa shape index (κ1) is 13.1. The minimum absolute atomic E-state index is 0.515. The fourth-order valence-corrected chi connectivity index (χ4v) is 4.19. The summed E-state index contributed by atoms with van der Waals surface area (Å²) in [4.78, 5) is 5.77. The van der Waals surface area contributed by atoms with E-state index >= 15 is 0 Å². The van der Waals surface area contributed by atoms with Crippen molar-refractivity contribution in [3.05, 3.63) is 22.5 Å². The quantitative estimate of drug-likeness (QED) is 0.923. The van der Waals surface area contributed by atoms with Crippen LogP contribution in [0.4, 0.5) is 0 Å². The molecule has 3 rings (SSSR count). The molecule has 0 amide bonds. The summed E-state index contributed by atoms with van der Waals surface area (Å²) in [6.45, 7) is 8.75. The van der Waals surface area contributed by atoms with Crippen molar-refractivity contribution in [3.63, 3.8) is 0 Å². The van der Waals surface area contributed by atoms with E-state index in [1.165, 1.54) is 42.8 Å². The lowest BCUT2D eigenvalue weighted by Crippen LogP contribution is -2.29. The zero-order valence-electron chi connectivity index (χ0n) is 12.1. The molecule has 1 aliphatic rings. The second-order valence-electron chi connectivity index (χ2n) is 6.26. The number of thiazole rings is 1. The van der Waals surface area contributed by atoms with Crippen LogP contribution in [0.2, 0.25) is 0 Å². The molecule has 4 heteroatoms. The SMILES string of the molecule is Cc1nc2scc(C)n2c1CNCC1(C)CCCC1. The molecule has 0 aliphatic heterocycles. The molecule has 0 aromatic carbocycles. The topological polar surface area (TPSA) is 29.3 Å². The number of fused-ring (bicyclic) bond motifs is 1. The van der Waals surface area contributed by atoms with Gasteiger partial charge in [0.15, 0.2) is 4.96 Å². The number of rotatable bonds is 4. The molecule has 2 aromatic heterocycles. The fourth-order valence-electron chi connectivity index (χ4n) is 3.26. The smallest absolute Gasteiger partial charge is 0.194 e. The number of hydrogen-bond donors (Lipinski definition) is 1. The monoisotopic (exact) mass is 277 g/mol. The highest BCUT2D eigenvalue weighted by Gasteiger charge is 2.28. The first-order valence-corrected chi connectivity index (χ1v) is 8.10. The van der Waals surface area contributed by atoms with Crippen molar-refractivity contribution in [1.29, 1.82) is 0 Å². The highest BCUT2D eigenvalue weighted by molar-refractivity contribution is 7.15. The van der Waals surface area contributed by atoms with Gasteiger partial charge in [0.2, 0.25) is 0 Å². The van der Waals surface area contributed by atoms with Crippen LogP contribution < -0.4 is 5.32 Å². The van der Waals surface area contributed by atoms with E-state index in [-0.39, 0.29) is 0 Å². The van der Waals surface area contributed by atoms with Gasteiger partial charge in [0.05, 0.1) is 11.4 Å². The summed E-state index contributed by atoms with van der Waals surface area (Å²) in [6.07, 6.45) is 5.55. The number of nitrogens with zero attached hydrogens (tertiary/aromatic N) is 2. The first-order valence-electron chi connectivity index (χ1n) is 7.22. The van der Waals surface area contributed by atoms with Crippen LogP contribution >= 0.6 is 11.3 Å². The third kappa shape index (κ3) is 2.43. The lowest BCUT2D eigenvalue weighted by Gasteiger charge is -2.23. The predicted octanol–water partition coefficient (Wildman–Crippen LogP) is 3.68. The molecule has 1 N–H and O–H groups in total. The molecule has 0 bridgehead atoms. The minimum atomic E-state index is 0.515. The van der Waals surface area contributed by atoms with Gasteiger partial charge in [0, 0.05) is 24.2 Å². The maximum atomic E-state index is 4.64. The predicted molar refractivity (Wildman–Crippen MR) is 80.8 cm³/mol. The molecule has 0 unspecified atom stereocenters. The third-order valence-corrected chi connectivity index (χ3v) is 5.43. The summed E-state index contributed by atoms with van der Waals surface area (Å²) >= 11 is 1.73. The Morgan fingerprint density at radius 1 is 1.37 bits per heavy atom. The summed E-state index contributed by atoms with van der Waals surface area (Å²) in [5.74, 6) is 0. The maximum absolute atomic E-state index is 4.64. The van der Waals surface area contributed by atoms with Gasteiger partial charge in [-0.15, -0.1) is 11.3 Å². The standard InChI is InChI=1S/C15H23N3S/c1-11-9-19-14-17-12(2)13(18(11)14)8-16-10-15(3)6-4-5-7-15/h9,16H,4-8,10H2,1-3H3. The van der Waals surface area contributed by atoms with E-state index in [9.17, 15) is 0 Å². The Morgan fingerprint density at radius 2 is 2.11 bits per heavy atom. The lowest BCUT2D eigenvalue weighted by atomic mass is 9.89. The molecule has 1 saturated carbocycles. The van der Waals surface area contributed by atoms with Crippen LogP contribution in [0, 0.1) is 19.3 Å². The van der Waals surface area contributed by atoms with Gasteiger partial charge in [0.1, 0.15) is 0 Å². The van der Waals surface area contributed by atoms with Crippen molar-refractivity contribution >= 4 is 16.3 Å². The molecule has 0 spiro atoms. The Morgan fingerprint density at radius 3 is 2.84 bits per heavy atom. The maximum Gasteiger partial charge on any atom is 0.194 e. The zero-order chi connectivity index (χ0) is 13.5. The largest absolute Gasteiger partial charge is 0.311 e. The van der Waals surface area contributed by atoms with E-state index in [0.29, 0.717) is 5.41 Å². The number of imidazole rings is 1. The Labute approximate surface area is 119 Å². The van der Waals surface area contributed by atoms with Gasteiger partial charge in [0.25, 0.3) is 0 Å². The fraction of sp³-hybridized carbons (Fsp3) is 0.667. The minimum Gasteiger partial charge on any atom is -0.311 e. The van der Waals surface area contributed by atoms with Crippen molar-refractivity contribution in [3.8, 4) is 0 Å². The van der Waals surface area contributed by atoms with E-state index in [2.05, 4.69) is 40.9 Å². The summed E-state index contributed by atoms with van der Waals surface area (Å²) < 4.78 is 2.30. The molecule has 3 nitrogen and oxygen atoms in total. The van der Waals surface area contributed by atoms with Crippen LogP contribution in [-0.4, -0.2) is 15.9 Å². The number of hydrogen-bond acceptors (Lipinski definition) is 3. The van der Waals surface area contributed by atoms with Gasteiger partial charge in [-0.05, 0) is 32.1 Å². The molecule has 2 aromatic rings. The molecule has 19 heavy (non-hydrogen) atoms. The van der Waals surface area contributed by atoms with Gasteiger partial charge in [-0.2, -0.15) is 0 Å². The van der Waals surface area contributed by atoms with Gasteiger partial charge >= 0.3 is 0 Å². The Balaban J connectivity index is 1.71. The Hall–Kier alpha value is -0.870. The molecule has 104 valence electrons. The van der Waals surface area contributed by atoms with Crippen LogP contribution in [-0.2, 0) is 6.54 Å². The summed E-state index contributed by atoms with van der Waals surface area (Å²) in [5.41, 5.74) is 4.31. The van der Waals surface area contributed by atoms with E-state index in [1.807, 2.05) is 0 Å². The number of nitrogens with one attached hydrogen (secondary N) is 1. The molecule has 1 fully saturated rings. The van der Waals surface area contributed by atoms with Gasteiger partial charge in [-0.1, -0.05) is 19.8 Å². The van der Waals surface area contributed by atoms with Crippen molar-refractivity contribution in [2.75, 3.05) is 6.54 Å². The Kier molecular flexibility index (Phi) is 3.39. The van der Waals surface area contributed by atoms with Gasteiger partial charge in [-0.3, -0.25) is 4.40 Å². The van der Waals surface area contributed by atoms with Crippen LogP contribution in [0.15, 0.2) is 5.38 Å². The number of aromatic nitrogens is 2. The van der Waals surface area contributed by atoms with Gasteiger partial charge in [-0.25, -0.2) is 4.98 Å². The van der Waals surface area contributed by atoms with Gasteiger partial charge < -0.3 is 5.32 Å². The summed E-state index contributed by atoms with van der Waals surface area (Å²) in [6, 6.07) is 0. The normalized spacial score (nSPS) is 18.5. The Bertz CT molecular complexity index is 575. The van der Waals surface area contributed by atoms with Crippen LogP contribution in [0.1, 0.15) is 49.7 Å². The highest BCUT2D eigenvalue weighted by atomic mass is 32.1. The lowest BCUT2D eigenvalue weighted by molar-refractivity contribution is 0.314. The van der Waals surface area contributed by atoms with E-state index in [4.69, 9.17) is 0 Å². The van der Waals surface area contributed by atoms with Crippen LogP contribution in [0.5, 0.6) is 0 Å². The highest BCUT2D eigenvalue weighted by Crippen LogP contribution is 2.36. The number of aryl methyl sites for hydroxylation is 2. The van der Waals surface area contributed by atoms with E-state index in [1.54, 1.807) is 11.3 Å². The van der Waals surface area contributed by atoms with Crippen molar-refractivity contribution in [2.24, 2.45) is 5.41 Å². The molecule has 0 radical (unpaired) electrons. The molecular weight excluding hydrogens is 254 g/mol.